The fourth-order valence-electron chi connectivity index (χ4n) is 5.41. The van der Waals surface area contributed by atoms with Crippen LogP contribution in [-0.2, 0) is 9.47 Å². The van der Waals surface area contributed by atoms with Crippen LogP contribution in [-0.4, -0.2) is 24.5 Å². The van der Waals surface area contributed by atoms with E-state index in [1.54, 1.807) is 0 Å². The van der Waals surface area contributed by atoms with E-state index < -0.39 is 22.2 Å². The maximum atomic E-state index is 10.1. The molecule has 3 fully saturated rings. The molecule has 2 saturated carbocycles. The molecule has 0 radical (unpaired) electrons. The molecule has 4 aliphatic rings. The minimum absolute atomic E-state index is 0.153. The molecule has 6 heteroatoms. The maximum absolute atomic E-state index is 10.1. The molecule has 116 valence electrons. The molecule has 0 aromatic heterocycles. The van der Waals surface area contributed by atoms with Gasteiger partial charge < -0.3 is 15.2 Å². The van der Waals surface area contributed by atoms with Crippen LogP contribution >= 0.6 is 0 Å². The van der Waals surface area contributed by atoms with Crippen LogP contribution in [0.15, 0.2) is 4.99 Å². The summed E-state index contributed by atoms with van der Waals surface area (Å²) in [6.07, 6.45) is 5.75. The lowest BCUT2D eigenvalue weighted by Gasteiger charge is -2.31. The molecule has 4 rings (SSSR count). The lowest BCUT2D eigenvalue weighted by atomic mass is 9.83. The standard InChI is InChI=1S/C16H20N4O2/c1-11-8-21-16(22-11)15(10-18)13(6-4-2-3-5-7-13)14(15,9-17)12(19)20-16/h11H,2-8H2,1H3,(H2,19,20)/t11-,14-,15+,16-/m0/s1. The summed E-state index contributed by atoms with van der Waals surface area (Å²) in [7, 11) is 0. The van der Waals surface area contributed by atoms with E-state index in [1.165, 1.54) is 0 Å². The zero-order valence-electron chi connectivity index (χ0n) is 12.8. The Labute approximate surface area is 129 Å². The second kappa shape index (κ2) is 4.01. The third kappa shape index (κ3) is 1.09. The van der Waals surface area contributed by atoms with Crippen molar-refractivity contribution in [3.63, 3.8) is 0 Å². The van der Waals surface area contributed by atoms with Gasteiger partial charge in [-0.05, 0) is 19.8 Å². The number of rotatable bonds is 0. The number of nitriles is 2. The molecule has 6 nitrogen and oxygen atoms in total. The number of amidine groups is 1. The number of nitrogens with zero attached hydrogens (tertiary/aromatic N) is 3. The van der Waals surface area contributed by atoms with E-state index >= 15 is 0 Å². The van der Waals surface area contributed by atoms with Crippen LogP contribution in [0.5, 0.6) is 0 Å². The number of hydrogen-bond donors (Lipinski definition) is 1. The number of hydrogen-bond acceptors (Lipinski definition) is 6. The Hall–Kier alpha value is -1.63. The maximum Gasteiger partial charge on any atom is 0.293 e. The quantitative estimate of drug-likeness (QED) is 0.734. The van der Waals surface area contributed by atoms with Crippen molar-refractivity contribution in [3.8, 4) is 12.1 Å². The van der Waals surface area contributed by atoms with Crippen molar-refractivity contribution in [3.05, 3.63) is 0 Å². The molecule has 22 heavy (non-hydrogen) atoms. The molecule has 0 aromatic carbocycles. The van der Waals surface area contributed by atoms with Gasteiger partial charge in [-0.1, -0.05) is 25.7 Å². The smallest absolute Gasteiger partial charge is 0.293 e. The van der Waals surface area contributed by atoms with Crippen LogP contribution in [0.2, 0.25) is 0 Å². The summed E-state index contributed by atoms with van der Waals surface area (Å²) in [4.78, 5) is 4.37. The van der Waals surface area contributed by atoms with Gasteiger partial charge in [0, 0.05) is 5.41 Å². The Morgan fingerprint density at radius 2 is 1.86 bits per heavy atom. The van der Waals surface area contributed by atoms with Gasteiger partial charge in [-0.3, -0.25) is 0 Å². The van der Waals surface area contributed by atoms with E-state index in [4.69, 9.17) is 15.2 Å². The lowest BCUT2D eigenvalue weighted by molar-refractivity contribution is -0.201. The molecule has 2 spiro atoms. The van der Waals surface area contributed by atoms with Gasteiger partial charge in [0.1, 0.15) is 11.3 Å². The molecule has 0 amide bonds. The van der Waals surface area contributed by atoms with Gasteiger partial charge >= 0.3 is 0 Å². The van der Waals surface area contributed by atoms with Gasteiger partial charge in [0.2, 0.25) is 0 Å². The Morgan fingerprint density at radius 3 is 2.36 bits per heavy atom. The summed E-state index contributed by atoms with van der Waals surface area (Å²) < 4.78 is 11.8. The second-order valence-corrected chi connectivity index (χ2v) is 7.04. The summed E-state index contributed by atoms with van der Waals surface area (Å²) in [5.74, 6) is -1.15. The summed E-state index contributed by atoms with van der Waals surface area (Å²) in [5.41, 5.74) is 3.57. The fraction of sp³-hybridized carbons (Fsp3) is 0.812. The average molecular weight is 300 g/mol. The van der Waals surface area contributed by atoms with Gasteiger partial charge in [0.15, 0.2) is 5.41 Å². The number of aliphatic imine (C=N–C) groups is 1. The third-order valence-corrected chi connectivity index (χ3v) is 6.23. The summed E-state index contributed by atoms with van der Waals surface area (Å²) in [5, 5.41) is 20.1. The molecular formula is C16H20N4O2. The highest BCUT2D eigenvalue weighted by Crippen LogP contribution is 2.89. The lowest BCUT2D eigenvalue weighted by Crippen LogP contribution is -2.42. The molecular weight excluding hydrogens is 280 g/mol. The normalized spacial score (nSPS) is 48.3. The minimum Gasteiger partial charge on any atom is -0.386 e. The Kier molecular flexibility index (Phi) is 2.55. The minimum atomic E-state index is -1.38. The average Bonchev–Trinajstić information content (AvgIpc) is 2.88. The van der Waals surface area contributed by atoms with Crippen molar-refractivity contribution in [2.24, 2.45) is 27.0 Å². The van der Waals surface area contributed by atoms with Crippen molar-refractivity contribution in [2.75, 3.05) is 6.61 Å². The van der Waals surface area contributed by atoms with E-state index in [9.17, 15) is 10.5 Å². The SMILES string of the molecule is C[C@H]1CO[C@]2(N=C(N)[C@@]3(C#N)C4(CCCCCC4)[C@@]23C#N)O1. The Bertz CT molecular complexity index is 640. The van der Waals surface area contributed by atoms with E-state index in [1.807, 2.05) is 6.92 Å². The van der Waals surface area contributed by atoms with Crippen LogP contribution in [0.1, 0.15) is 45.4 Å². The van der Waals surface area contributed by atoms with E-state index in [-0.39, 0.29) is 11.9 Å². The molecule has 2 N–H and O–H groups in total. The first-order chi connectivity index (χ1) is 10.6. The first-order valence-electron chi connectivity index (χ1n) is 8.06. The highest BCUT2D eigenvalue weighted by Gasteiger charge is 3.00. The second-order valence-electron chi connectivity index (χ2n) is 7.04. The monoisotopic (exact) mass is 300 g/mol. The molecule has 2 aliphatic carbocycles. The van der Waals surface area contributed by atoms with Crippen molar-refractivity contribution < 1.29 is 9.47 Å². The zero-order valence-corrected chi connectivity index (χ0v) is 12.8. The Morgan fingerprint density at radius 1 is 1.18 bits per heavy atom. The molecule has 1 saturated heterocycles. The van der Waals surface area contributed by atoms with Crippen molar-refractivity contribution >= 4 is 5.84 Å². The molecule has 0 aromatic rings. The first-order valence-corrected chi connectivity index (χ1v) is 8.06. The van der Waals surface area contributed by atoms with Gasteiger partial charge in [0.25, 0.3) is 5.91 Å². The molecule has 0 bridgehead atoms. The summed E-state index contributed by atoms with van der Waals surface area (Å²) in [6.45, 7) is 2.26. The molecule has 0 unspecified atom stereocenters. The zero-order chi connectivity index (χ0) is 15.6. The number of fused-ring (bicyclic) bond motifs is 4. The largest absolute Gasteiger partial charge is 0.386 e. The number of ether oxygens (including phenoxy) is 2. The highest BCUT2D eigenvalue weighted by atomic mass is 16.8. The summed E-state index contributed by atoms with van der Waals surface area (Å²) in [6, 6.07) is 4.78. The predicted octanol–water partition coefficient (Wildman–Crippen LogP) is 1.82. The van der Waals surface area contributed by atoms with Gasteiger partial charge in [-0.25, -0.2) is 4.99 Å². The molecule has 2 aliphatic heterocycles. The van der Waals surface area contributed by atoms with Crippen molar-refractivity contribution in [1.29, 1.82) is 10.5 Å². The van der Waals surface area contributed by atoms with E-state index in [0.717, 1.165) is 38.5 Å². The molecule has 4 atom stereocenters. The van der Waals surface area contributed by atoms with Crippen molar-refractivity contribution in [1.82, 2.24) is 0 Å². The van der Waals surface area contributed by atoms with Gasteiger partial charge in [-0.2, -0.15) is 10.5 Å². The predicted molar refractivity (Wildman–Crippen MR) is 77.1 cm³/mol. The molecule has 2 heterocycles. The van der Waals surface area contributed by atoms with Crippen LogP contribution in [0.3, 0.4) is 0 Å². The highest BCUT2D eigenvalue weighted by molar-refractivity contribution is 6.00. The number of nitrogens with two attached hydrogens (primary N) is 1. The first kappa shape index (κ1) is 14.0. The van der Waals surface area contributed by atoms with Crippen LogP contribution in [0.25, 0.3) is 0 Å². The Balaban J connectivity index is 1.92. The van der Waals surface area contributed by atoms with Crippen LogP contribution < -0.4 is 5.73 Å². The van der Waals surface area contributed by atoms with Crippen molar-refractivity contribution in [2.45, 2.75) is 57.5 Å². The fourth-order valence-corrected chi connectivity index (χ4v) is 5.41. The van der Waals surface area contributed by atoms with E-state index in [0.29, 0.717) is 6.61 Å². The topological polar surface area (TPSA) is 104 Å². The van der Waals surface area contributed by atoms with E-state index in [2.05, 4.69) is 17.1 Å². The van der Waals surface area contributed by atoms with Gasteiger partial charge in [0.05, 0.1) is 24.8 Å². The summed E-state index contributed by atoms with van der Waals surface area (Å²) >= 11 is 0. The van der Waals surface area contributed by atoms with Crippen LogP contribution in [0, 0.1) is 38.9 Å². The van der Waals surface area contributed by atoms with Crippen LogP contribution in [0.4, 0.5) is 0 Å². The third-order valence-electron chi connectivity index (χ3n) is 6.23. The van der Waals surface area contributed by atoms with Gasteiger partial charge in [-0.15, -0.1) is 0 Å².